The van der Waals surface area contributed by atoms with E-state index in [2.05, 4.69) is 11.0 Å². The molecule has 6 heteroatoms. The van der Waals surface area contributed by atoms with Crippen molar-refractivity contribution < 1.29 is 8.42 Å². The molecular formula is C19H21N3O2S. The summed E-state index contributed by atoms with van der Waals surface area (Å²) in [5, 5.41) is 19.1. The number of hydrogen-bond acceptors (Lipinski definition) is 5. The molecular weight excluding hydrogens is 334 g/mol. The van der Waals surface area contributed by atoms with Crippen LogP contribution in [0.1, 0.15) is 32.3 Å². The maximum Gasteiger partial charge on any atom is 0.216 e. The second kappa shape index (κ2) is 7.55. The van der Waals surface area contributed by atoms with Crippen LogP contribution in [-0.4, -0.2) is 26.4 Å². The Morgan fingerprint density at radius 1 is 1.04 bits per heavy atom. The molecule has 0 N–H and O–H groups in total. The molecule has 1 saturated heterocycles. The summed E-state index contributed by atoms with van der Waals surface area (Å²) in [6.07, 6.45) is 2.09. The van der Waals surface area contributed by atoms with Crippen LogP contribution in [-0.2, 0) is 9.84 Å². The van der Waals surface area contributed by atoms with Crippen LogP contribution in [0.2, 0.25) is 0 Å². The zero-order valence-electron chi connectivity index (χ0n) is 14.7. The zero-order chi connectivity index (χ0) is 18.6. The van der Waals surface area contributed by atoms with Crippen molar-refractivity contribution in [3.05, 3.63) is 51.6 Å². The quantitative estimate of drug-likeness (QED) is 0.610. The molecule has 1 fully saturated rings. The van der Waals surface area contributed by atoms with Crippen molar-refractivity contribution in [1.29, 1.82) is 10.5 Å². The van der Waals surface area contributed by atoms with Crippen LogP contribution in [0.15, 0.2) is 50.9 Å². The molecule has 1 aliphatic rings. The van der Waals surface area contributed by atoms with Crippen LogP contribution >= 0.6 is 0 Å². The predicted octanol–water partition coefficient (Wildman–Crippen LogP) is 3.46. The number of nitriles is 2. The lowest BCUT2D eigenvalue weighted by atomic mass is 10.1. The molecule has 5 nitrogen and oxygen atoms in total. The molecule has 1 aliphatic heterocycles. The van der Waals surface area contributed by atoms with Gasteiger partial charge >= 0.3 is 0 Å². The Kier molecular flexibility index (Phi) is 5.66. The predicted molar refractivity (Wildman–Crippen MR) is 95.8 cm³/mol. The number of benzene rings is 1. The average Bonchev–Trinajstić information content (AvgIpc) is 3.10. The molecule has 1 aromatic rings. The van der Waals surface area contributed by atoms with E-state index in [0.717, 1.165) is 37.2 Å². The van der Waals surface area contributed by atoms with E-state index >= 15 is 0 Å². The third-order valence-corrected chi connectivity index (χ3v) is 6.30. The molecule has 0 spiro atoms. The first kappa shape index (κ1) is 18.8. The Bertz CT molecular complexity index is 905. The Labute approximate surface area is 149 Å². The second-order valence-electron chi connectivity index (χ2n) is 6.15. The molecule has 0 bridgehead atoms. The van der Waals surface area contributed by atoms with E-state index in [0.29, 0.717) is 0 Å². The zero-order valence-corrected chi connectivity index (χ0v) is 15.5. The van der Waals surface area contributed by atoms with Crippen molar-refractivity contribution in [3.63, 3.8) is 0 Å². The highest BCUT2D eigenvalue weighted by Crippen LogP contribution is 2.28. The van der Waals surface area contributed by atoms with Crippen molar-refractivity contribution in [2.24, 2.45) is 0 Å². The van der Waals surface area contributed by atoms with E-state index in [1.54, 1.807) is 25.1 Å². The van der Waals surface area contributed by atoms with Gasteiger partial charge in [0.05, 0.1) is 10.5 Å². The minimum absolute atomic E-state index is 0.0603. The molecule has 0 saturated carbocycles. The lowest BCUT2D eigenvalue weighted by Gasteiger charge is -2.20. The van der Waals surface area contributed by atoms with E-state index < -0.39 is 9.84 Å². The van der Waals surface area contributed by atoms with E-state index in [4.69, 9.17) is 0 Å². The summed E-state index contributed by atoms with van der Waals surface area (Å²) in [5.41, 5.74) is 2.12. The number of sulfone groups is 1. The molecule has 0 radical (unpaired) electrons. The summed E-state index contributed by atoms with van der Waals surface area (Å²) >= 11 is 0. The molecule has 0 amide bonds. The second-order valence-corrected chi connectivity index (χ2v) is 8.04. The Morgan fingerprint density at radius 3 is 2.08 bits per heavy atom. The minimum atomic E-state index is -3.96. The fourth-order valence-electron chi connectivity index (χ4n) is 2.94. The Balaban J connectivity index is 2.59. The van der Waals surface area contributed by atoms with Gasteiger partial charge in [0.2, 0.25) is 9.84 Å². The van der Waals surface area contributed by atoms with Gasteiger partial charge < -0.3 is 4.90 Å². The van der Waals surface area contributed by atoms with Crippen molar-refractivity contribution in [2.75, 3.05) is 13.1 Å². The molecule has 0 unspecified atom stereocenters. The number of likely N-dealkylation sites (tertiary alicyclic amines) is 1. The minimum Gasteiger partial charge on any atom is -0.374 e. The number of allylic oxidation sites excluding steroid dienone is 4. The summed E-state index contributed by atoms with van der Waals surface area (Å²) in [6, 6.07) is 10.2. The first-order chi connectivity index (χ1) is 11.8. The maximum atomic E-state index is 12.9. The largest absolute Gasteiger partial charge is 0.374 e. The van der Waals surface area contributed by atoms with Gasteiger partial charge in [-0.25, -0.2) is 8.42 Å². The fourth-order valence-corrected chi connectivity index (χ4v) is 4.30. The third-order valence-electron chi connectivity index (χ3n) is 4.47. The van der Waals surface area contributed by atoms with Gasteiger partial charge in [-0.05, 0) is 51.3 Å². The fraction of sp³-hybridized carbons (Fsp3) is 0.368. The monoisotopic (exact) mass is 355 g/mol. The van der Waals surface area contributed by atoms with E-state index in [1.165, 1.54) is 19.1 Å². The number of rotatable bonds is 4. The van der Waals surface area contributed by atoms with E-state index in [9.17, 15) is 18.9 Å². The Morgan fingerprint density at radius 2 is 1.60 bits per heavy atom. The van der Waals surface area contributed by atoms with E-state index in [1.807, 2.05) is 6.92 Å². The van der Waals surface area contributed by atoms with Gasteiger partial charge in [0.25, 0.3) is 0 Å². The normalized spacial score (nSPS) is 16.6. The van der Waals surface area contributed by atoms with Gasteiger partial charge in [-0.3, -0.25) is 0 Å². The molecule has 0 aromatic heterocycles. The van der Waals surface area contributed by atoms with Crippen LogP contribution in [0.3, 0.4) is 0 Å². The lowest BCUT2D eigenvalue weighted by molar-refractivity contribution is 0.425. The first-order valence-electron chi connectivity index (χ1n) is 8.12. The standard InChI is InChI=1S/C19H21N3O2S/c1-14-6-8-17(9-7-14)25(23,24)19(13-21)15(2)18(12-20)16(3)22-10-4-5-11-22/h6-9H,4-5,10-11H2,1-3H3/b18-16+,19-15-. The number of nitrogens with zero attached hydrogens (tertiary/aromatic N) is 3. The highest BCUT2D eigenvalue weighted by atomic mass is 32.2. The van der Waals surface area contributed by atoms with Crippen LogP contribution < -0.4 is 0 Å². The number of hydrogen-bond donors (Lipinski definition) is 0. The smallest absolute Gasteiger partial charge is 0.216 e. The van der Waals surface area contributed by atoms with Gasteiger partial charge in [0, 0.05) is 18.8 Å². The molecule has 0 aliphatic carbocycles. The van der Waals surface area contributed by atoms with Gasteiger partial charge in [0.1, 0.15) is 12.1 Å². The third kappa shape index (κ3) is 3.75. The van der Waals surface area contributed by atoms with Crippen LogP contribution in [0, 0.1) is 29.6 Å². The highest BCUT2D eigenvalue weighted by Gasteiger charge is 2.26. The summed E-state index contributed by atoms with van der Waals surface area (Å²) in [6.45, 7) is 6.88. The molecule has 1 heterocycles. The first-order valence-corrected chi connectivity index (χ1v) is 9.60. The molecule has 130 valence electrons. The van der Waals surface area contributed by atoms with Gasteiger partial charge in [-0.1, -0.05) is 17.7 Å². The summed E-state index contributed by atoms with van der Waals surface area (Å²) in [4.78, 5) is 1.76. The average molecular weight is 355 g/mol. The van der Waals surface area contributed by atoms with Crippen LogP contribution in [0.5, 0.6) is 0 Å². The number of aryl methyl sites for hydroxylation is 1. The molecule has 0 atom stereocenters. The van der Waals surface area contributed by atoms with Crippen LogP contribution in [0.25, 0.3) is 0 Å². The summed E-state index contributed by atoms with van der Waals surface area (Å²) < 4.78 is 25.7. The van der Waals surface area contributed by atoms with Gasteiger partial charge in [0.15, 0.2) is 4.91 Å². The van der Waals surface area contributed by atoms with Crippen molar-refractivity contribution >= 4 is 9.84 Å². The van der Waals surface area contributed by atoms with Gasteiger partial charge in [-0.2, -0.15) is 10.5 Å². The molecule has 1 aromatic carbocycles. The lowest BCUT2D eigenvalue weighted by Crippen LogP contribution is -2.19. The van der Waals surface area contributed by atoms with Crippen LogP contribution in [0.4, 0.5) is 0 Å². The highest BCUT2D eigenvalue weighted by molar-refractivity contribution is 7.95. The summed E-state index contributed by atoms with van der Waals surface area (Å²) in [7, 11) is -3.96. The molecule has 2 rings (SSSR count). The topological polar surface area (TPSA) is 85.0 Å². The SMILES string of the molecule is CC(/C(C#N)=C(\C)N1CCCC1)=C(\C#N)S(=O)(=O)c1ccc(C)cc1. The van der Waals surface area contributed by atoms with E-state index in [-0.39, 0.29) is 20.9 Å². The van der Waals surface area contributed by atoms with Crippen molar-refractivity contribution in [2.45, 2.75) is 38.5 Å². The van der Waals surface area contributed by atoms with Gasteiger partial charge in [-0.15, -0.1) is 0 Å². The van der Waals surface area contributed by atoms with Crippen molar-refractivity contribution in [1.82, 2.24) is 4.90 Å². The Hall–Kier alpha value is -2.57. The maximum absolute atomic E-state index is 12.9. The molecule has 25 heavy (non-hydrogen) atoms. The van der Waals surface area contributed by atoms with Crippen molar-refractivity contribution in [3.8, 4) is 12.1 Å². The summed E-state index contributed by atoms with van der Waals surface area (Å²) in [5.74, 6) is 0.